The SMILES string of the molecule is CC1CCC2N(C1)CC1C3CC4C56CCCC4(CC(O)C5CC(O)C4(CCC(C5C=Cc7ccccc7C5c5ccccc5)C4)C6)C3CCC1C2(C)O. The number of hydrogen-bond acceptors (Lipinski definition) is 4. The maximum absolute atomic E-state index is 12.4. The van der Waals surface area contributed by atoms with Gasteiger partial charge >= 0.3 is 0 Å². The first kappa shape index (κ1) is 34.3. The summed E-state index contributed by atoms with van der Waals surface area (Å²) < 4.78 is 0. The highest BCUT2D eigenvalue weighted by Crippen LogP contribution is 2.78. The molecule has 8 fully saturated rings. The molecule has 6 saturated carbocycles. The molecule has 9 aliphatic rings. The number of nitrogens with zero attached hydrogens (tertiary/aromatic N) is 1. The minimum absolute atomic E-state index is 0.0463. The van der Waals surface area contributed by atoms with Crippen LogP contribution in [0.25, 0.3) is 6.08 Å². The standard InChI is InChI=1S/C49H65NO3/c1-30-13-18-43-46(2,53)38-16-17-39-36(37(38)28-50(43)27-30)23-42-48(39)20-8-21-49(42)29-47(44(52)24-40(49)41(51)26-48)22-19-33(25-47)35-15-14-31-9-6-7-12-34(31)45(35)32-10-4-3-5-11-32/h3-7,9-12,14-15,30,33,35-45,51-53H,8,13,16-29H2,1-2H3. The first-order valence-corrected chi connectivity index (χ1v) is 22.3. The smallest absolute Gasteiger partial charge is 0.0805 e. The fraction of sp³-hybridized carbons (Fsp3) is 0.714. The van der Waals surface area contributed by atoms with E-state index in [9.17, 15) is 15.3 Å². The van der Waals surface area contributed by atoms with E-state index in [1.165, 1.54) is 74.6 Å². The molecule has 17 unspecified atom stereocenters. The number of aliphatic hydroxyl groups is 3. The zero-order chi connectivity index (χ0) is 35.9. The van der Waals surface area contributed by atoms with Crippen molar-refractivity contribution in [3.8, 4) is 0 Å². The maximum atomic E-state index is 12.4. The molecule has 0 amide bonds. The number of aliphatic hydroxyl groups excluding tert-OH is 2. The lowest BCUT2D eigenvalue weighted by Gasteiger charge is -2.68. The molecule has 2 heterocycles. The third-order valence-corrected chi connectivity index (χ3v) is 19.3. The summed E-state index contributed by atoms with van der Waals surface area (Å²) in [6.07, 6.45) is 20.7. The van der Waals surface area contributed by atoms with Crippen LogP contribution in [0.5, 0.6) is 0 Å². The van der Waals surface area contributed by atoms with Crippen molar-refractivity contribution < 1.29 is 15.3 Å². The molecule has 2 saturated heterocycles. The molecule has 53 heavy (non-hydrogen) atoms. The Bertz CT molecular complexity index is 1750. The van der Waals surface area contributed by atoms with Crippen LogP contribution in [0.1, 0.15) is 126 Å². The van der Waals surface area contributed by atoms with Crippen LogP contribution in [-0.2, 0) is 0 Å². The summed E-state index contributed by atoms with van der Waals surface area (Å²) in [5.74, 6) is 5.30. The Balaban J connectivity index is 0.923. The van der Waals surface area contributed by atoms with E-state index >= 15 is 0 Å². The van der Waals surface area contributed by atoms with Gasteiger partial charge in [-0.25, -0.2) is 0 Å². The lowest BCUT2D eigenvalue weighted by molar-refractivity contribution is -0.231. The van der Waals surface area contributed by atoms with Crippen LogP contribution in [0.4, 0.5) is 0 Å². The Kier molecular flexibility index (Phi) is 7.77. The molecule has 2 bridgehead atoms. The number of rotatable bonds is 2. The van der Waals surface area contributed by atoms with Gasteiger partial charge in [0.2, 0.25) is 0 Å². The van der Waals surface area contributed by atoms with Crippen LogP contribution in [0.3, 0.4) is 0 Å². The number of benzene rings is 2. The van der Waals surface area contributed by atoms with Crippen LogP contribution in [0.15, 0.2) is 60.7 Å². The fourth-order valence-electron chi connectivity index (χ4n) is 17.6. The molecule has 2 aliphatic heterocycles. The molecule has 3 N–H and O–H groups in total. The van der Waals surface area contributed by atoms with Crippen molar-refractivity contribution in [2.75, 3.05) is 13.1 Å². The highest BCUT2D eigenvalue weighted by molar-refractivity contribution is 5.60. The first-order valence-electron chi connectivity index (χ1n) is 22.3. The topological polar surface area (TPSA) is 63.9 Å². The number of allylic oxidation sites excluding steroid dienone is 1. The van der Waals surface area contributed by atoms with Crippen molar-refractivity contribution in [1.29, 1.82) is 0 Å². The van der Waals surface area contributed by atoms with Gasteiger partial charge in [0.15, 0.2) is 0 Å². The molecular weight excluding hydrogens is 651 g/mol. The van der Waals surface area contributed by atoms with E-state index in [4.69, 9.17) is 0 Å². The van der Waals surface area contributed by atoms with Crippen molar-refractivity contribution in [1.82, 2.24) is 4.90 Å². The summed E-state index contributed by atoms with van der Waals surface area (Å²) >= 11 is 0. The van der Waals surface area contributed by atoms with Crippen molar-refractivity contribution in [2.45, 2.75) is 134 Å². The summed E-state index contributed by atoms with van der Waals surface area (Å²) in [6.45, 7) is 6.97. The highest BCUT2D eigenvalue weighted by Gasteiger charge is 2.74. The lowest BCUT2D eigenvalue weighted by atomic mass is 9.38. The minimum atomic E-state index is -0.599. The third kappa shape index (κ3) is 4.74. The summed E-state index contributed by atoms with van der Waals surface area (Å²) in [4.78, 5) is 2.74. The second-order valence-corrected chi connectivity index (χ2v) is 21.2. The van der Waals surface area contributed by atoms with E-state index in [2.05, 4.69) is 85.5 Å². The summed E-state index contributed by atoms with van der Waals surface area (Å²) in [5, 5.41) is 37.1. The normalized spacial score (nSPS) is 52.5. The van der Waals surface area contributed by atoms with Gasteiger partial charge in [0.25, 0.3) is 0 Å². The molecule has 2 aromatic carbocycles. The summed E-state index contributed by atoms with van der Waals surface area (Å²) in [5.41, 5.74) is 3.98. The molecule has 2 spiro atoms. The lowest BCUT2D eigenvalue weighted by Crippen LogP contribution is -2.67. The quantitative estimate of drug-likeness (QED) is 0.291. The Hall–Kier alpha value is -1.98. The molecule has 11 rings (SSSR count). The van der Waals surface area contributed by atoms with Crippen LogP contribution >= 0.6 is 0 Å². The molecule has 4 heteroatoms. The number of piperidine rings is 2. The average molecular weight is 716 g/mol. The Morgan fingerprint density at radius 3 is 2.42 bits per heavy atom. The molecule has 7 aliphatic carbocycles. The molecule has 2 aromatic rings. The van der Waals surface area contributed by atoms with Crippen LogP contribution in [-0.4, -0.2) is 57.2 Å². The Morgan fingerprint density at radius 1 is 0.755 bits per heavy atom. The number of fused-ring (bicyclic) bond motifs is 5. The van der Waals surface area contributed by atoms with Crippen molar-refractivity contribution >= 4 is 6.08 Å². The van der Waals surface area contributed by atoms with E-state index in [1.807, 2.05) is 0 Å². The third-order valence-electron chi connectivity index (χ3n) is 19.3. The molecule has 17 atom stereocenters. The second-order valence-electron chi connectivity index (χ2n) is 21.2. The van der Waals surface area contributed by atoms with E-state index < -0.39 is 5.60 Å². The van der Waals surface area contributed by atoms with Crippen LogP contribution in [0.2, 0.25) is 0 Å². The minimum Gasteiger partial charge on any atom is -0.393 e. The monoisotopic (exact) mass is 715 g/mol. The largest absolute Gasteiger partial charge is 0.393 e. The fourth-order valence-corrected chi connectivity index (χ4v) is 17.6. The maximum Gasteiger partial charge on any atom is 0.0805 e. The molecule has 0 radical (unpaired) electrons. The summed E-state index contributed by atoms with van der Waals surface area (Å²) in [7, 11) is 0. The first-order chi connectivity index (χ1) is 25.6. The van der Waals surface area contributed by atoms with Crippen molar-refractivity contribution in [2.24, 2.45) is 69.5 Å². The van der Waals surface area contributed by atoms with Gasteiger partial charge in [-0.3, -0.25) is 4.90 Å². The Labute approximate surface area is 318 Å². The van der Waals surface area contributed by atoms with Gasteiger partial charge in [-0.1, -0.05) is 80.1 Å². The summed E-state index contributed by atoms with van der Waals surface area (Å²) in [6, 6.07) is 20.6. The zero-order valence-electron chi connectivity index (χ0n) is 32.5. The molecule has 284 valence electrons. The molecular formula is C49H65NO3. The van der Waals surface area contributed by atoms with Gasteiger partial charge in [0, 0.05) is 25.0 Å². The van der Waals surface area contributed by atoms with E-state index in [-0.39, 0.29) is 34.4 Å². The highest BCUT2D eigenvalue weighted by atomic mass is 16.3. The van der Waals surface area contributed by atoms with E-state index in [1.54, 1.807) is 0 Å². The van der Waals surface area contributed by atoms with Gasteiger partial charge < -0.3 is 15.3 Å². The van der Waals surface area contributed by atoms with Crippen LogP contribution in [0, 0.1) is 69.5 Å². The van der Waals surface area contributed by atoms with E-state index in [0.717, 1.165) is 51.0 Å². The van der Waals surface area contributed by atoms with E-state index in [0.29, 0.717) is 53.4 Å². The van der Waals surface area contributed by atoms with Gasteiger partial charge in [-0.15, -0.1) is 0 Å². The second kappa shape index (κ2) is 12.0. The van der Waals surface area contributed by atoms with Crippen LogP contribution < -0.4 is 0 Å². The van der Waals surface area contributed by atoms with Gasteiger partial charge in [-0.2, -0.15) is 0 Å². The predicted molar refractivity (Wildman–Crippen MR) is 211 cm³/mol. The molecule has 4 nitrogen and oxygen atoms in total. The van der Waals surface area contributed by atoms with Gasteiger partial charge in [-0.05, 0) is 177 Å². The zero-order valence-corrected chi connectivity index (χ0v) is 32.5. The van der Waals surface area contributed by atoms with Gasteiger partial charge in [0.05, 0.1) is 17.8 Å². The van der Waals surface area contributed by atoms with Crippen molar-refractivity contribution in [3.63, 3.8) is 0 Å². The molecule has 0 aromatic heterocycles. The van der Waals surface area contributed by atoms with Gasteiger partial charge in [0.1, 0.15) is 0 Å². The average Bonchev–Trinajstić information content (AvgIpc) is 3.73. The van der Waals surface area contributed by atoms with Crippen molar-refractivity contribution in [3.05, 3.63) is 77.4 Å². The Morgan fingerprint density at radius 2 is 1.55 bits per heavy atom. The number of hydrogen-bond donors (Lipinski definition) is 3. The predicted octanol–water partition coefficient (Wildman–Crippen LogP) is 9.08.